The predicted octanol–water partition coefficient (Wildman–Crippen LogP) is 2.56. The van der Waals surface area contributed by atoms with Crippen molar-refractivity contribution in [2.24, 2.45) is 0 Å². The second-order valence-electron chi connectivity index (χ2n) is 6.24. The van der Waals surface area contributed by atoms with Crippen LogP contribution in [0.1, 0.15) is 31.1 Å². The smallest absolute Gasteiger partial charge is 0.234 e. The monoisotopic (exact) mass is 315 g/mol. The summed E-state index contributed by atoms with van der Waals surface area (Å²) < 4.78 is 16.5. The van der Waals surface area contributed by atoms with E-state index in [1.807, 2.05) is 43.1 Å². The lowest BCUT2D eigenvalue weighted by Crippen LogP contribution is -2.45. The van der Waals surface area contributed by atoms with Crippen LogP contribution in [-0.2, 0) is 11.3 Å². The molecule has 2 aromatic rings. The number of amides is 1. The van der Waals surface area contributed by atoms with Gasteiger partial charge in [-0.25, -0.2) is 4.39 Å². The van der Waals surface area contributed by atoms with E-state index in [9.17, 15) is 9.18 Å². The Kier molecular flexibility index (Phi) is 4.48. The van der Waals surface area contributed by atoms with Crippen LogP contribution in [0.5, 0.6) is 0 Å². The first-order valence-electron chi connectivity index (χ1n) is 7.99. The highest BCUT2D eigenvalue weighted by molar-refractivity contribution is 5.78. The summed E-state index contributed by atoms with van der Waals surface area (Å²) in [6.45, 7) is 5.66. The molecule has 1 atom stereocenters. The highest BCUT2D eigenvalue weighted by Gasteiger charge is 2.31. The Morgan fingerprint density at radius 2 is 2.04 bits per heavy atom. The summed E-state index contributed by atoms with van der Waals surface area (Å²) in [6.07, 6.45) is 2.01. The van der Waals surface area contributed by atoms with Gasteiger partial charge in [-0.05, 0) is 32.0 Å². The van der Waals surface area contributed by atoms with Gasteiger partial charge in [0, 0.05) is 36.6 Å². The highest BCUT2D eigenvalue weighted by atomic mass is 19.1. The van der Waals surface area contributed by atoms with Gasteiger partial charge in [0.1, 0.15) is 5.82 Å². The summed E-state index contributed by atoms with van der Waals surface area (Å²) in [5.41, 5.74) is 1.64. The van der Waals surface area contributed by atoms with Crippen molar-refractivity contribution in [1.82, 2.24) is 14.8 Å². The first kappa shape index (κ1) is 15.7. The Hall–Kier alpha value is -2.14. The lowest BCUT2D eigenvalue weighted by molar-refractivity contribution is -0.123. The molecule has 1 aromatic carbocycles. The Morgan fingerprint density at radius 1 is 1.26 bits per heavy atom. The van der Waals surface area contributed by atoms with Crippen molar-refractivity contribution in [1.29, 1.82) is 0 Å². The van der Waals surface area contributed by atoms with Crippen LogP contribution in [-0.4, -0.2) is 34.5 Å². The summed E-state index contributed by atoms with van der Waals surface area (Å²) >= 11 is 0. The molecule has 1 amide bonds. The normalized spacial score (nSPS) is 18.0. The van der Waals surface area contributed by atoms with Gasteiger partial charge >= 0.3 is 0 Å². The number of carbonyl (C=O) groups excluding carboxylic acids is 1. The molecule has 122 valence electrons. The molecule has 3 rings (SSSR count). The van der Waals surface area contributed by atoms with Crippen LogP contribution >= 0.6 is 0 Å². The fourth-order valence-corrected chi connectivity index (χ4v) is 3.21. The topological polar surface area (TPSA) is 37.3 Å². The molecule has 1 aromatic heterocycles. The second kappa shape index (κ2) is 6.54. The van der Waals surface area contributed by atoms with Gasteiger partial charge in [-0.2, -0.15) is 0 Å². The predicted molar refractivity (Wildman–Crippen MR) is 87.5 cm³/mol. The molecule has 4 nitrogen and oxygen atoms in total. The number of nitrogens with zero attached hydrogens (tertiary/aromatic N) is 2. The summed E-state index contributed by atoms with van der Waals surface area (Å²) in [7, 11) is 0. The number of benzene rings is 1. The van der Waals surface area contributed by atoms with E-state index in [0.29, 0.717) is 12.1 Å². The van der Waals surface area contributed by atoms with Crippen LogP contribution in [0, 0.1) is 5.82 Å². The first-order valence-corrected chi connectivity index (χ1v) is 7.99. The second-order valence-corrected chi connectivity index (χ2v) is 6.24. The molecule has 0 radical (unpaired) electrons. The molecule has 1 aliphatic heterocycles. The van der Waals surface area contributed by atoms with Crippen molar-refractivity contribution in [3.63, 3.8) is 0 Å². The molecule has 23 heavy (non-hydrogen) atoms. The molecule has 5 heteroatoms. The van der Waals surface area contributed by atoms with E-state index in [1.165, 1.54) is 6.07 Å². The number of aromatic nitrogens is 1. The Labute approximate surface area is 135 Å². The summed E-state index contributed by atoms with van der Waals surface area (Å²) in [5, 5.41) is 2.91. The van der Waals surface area contributed by atoms with Crippen molar-refractivity contribution in [2.45, 2.75) is 32.5 Å². The minimum atomic E-state index is -0.238. The Morgan fingerprint density at radius 3 is 2.78 bits per heavy atom. The number of hydrogen-bond donors (Lipinski definition) is 1. The van der Waals surface area contributed by atoms with Gasteiger partial charge in [0.05, 0.1) is 12.6 Å². The number of fused-ring (bicyclic) bond motifs is 1. The van der Waals surface area contributed by atoms with Crippen molar-refractivity contribution >= 4 is 5.91 Å². The molecule has 1 aliphatic rings. The average molecular weight is 315 g/mol. The Bertz CT molecular complexity index is 695. The third-order valence-corrected chi connectivity index (χ3v) is 4.13. The number of rotatable bonds is 4. The van der Waals surface area contributed by atoms with Gasteiger partial charge in [0.25, 0.3) is 0 Å². The number of halogens is 1. The highest BCUT2D eigenvalue weighted by Crippen LogP contribution is 2.33. The van der Waals surface area contributed by atoms with Gasteiger partial charge in [-0.15, -0.1) is 0 Å². The zero-order valence-electron chi connectivity index (χ0n) is 13.5. The SMILES string of the molecule is CC(C)NC(=O)CN1CCn2cccc2C1c1ccccc1F. The minimum absolute atomic E-state index is 0.0265. The van der Waals surface area contributed by atoms with Crippen LogP contribution in [0.2, 0.25) is 0 Å². The van der Waals surface area contributed by atoms with E-state index in [1.54, 1.807) is 12.1 Å². The molecule has 1 unspecified atom stereocenters. The number of nitrogens with one attached hydrogen (secondary N) is 1. The lowest BCUT2D eigenvalue weighted by atomic mass is 9.99. The average Bonchev–Trinajstić information content (AvgIpc) is 2.95. The molecule has 0 fully saturated rings. The molecule has 0 saturated heterocycles. The largest absolute Gasteiger partial charge is 0.353 e. The van der Waals surface area contributed by atoms with Gasteiger partial charge in [0.2, 0.25) is 5.91 Å². The van der Waals surface area contributed by atoms with Crippen LogP contribution < -0.4 is 5.32 Å². The molecular weight excluding hydrogens is 293 g/mol. The van der Waals surface area contributed by atoms with Gasteiger partial charge in [-0.3, -0.25) is 9.69 Å². The standard InChI is InChI=1S/C18H22FN3O/c1-13(2)20-17(23)12-22-11-10-21-9-5-8-16(21)18(22)14-6-3-4-7-15(14)19/h3-9,13,18H,10-12H2,1-2H3,(H,20,23). The van der Waals surface area contributed by atoms with Crippen molar-refractivity contribution in [3.8, 4) is 0 Å². The van der Waals surface area contributed by atoms with E-state index < -0.39 is 0 Å². The lowest BCUT2D eigenvalue weighted by Gasteiger charge is -2.37. The third kappa shape index (κ3) is 3.29. The maximum atomic E-state index is 14.4. The molecule has 2 heterocycles. The van der Waals surface area contributed by atoms with Gasteiger partial charge in [0.15, 0.2) is 0 Å². The van der Waals surface area contributed by atoms with Crippen molar-refractivity contribution in [2.75, 3.05) is 13.1 Å². The van der Waals surface area contributed by atoms with E-state index in [2.05, 4.69) is 9.88 Å². The van der Waals surface area contributed by atoms with Crippen LogP contribution in [0.15, 0.2) is 42.6 Å². The maximum Gasteiger partial charge on any atom is 0.234 e. The van der Waals surface area contributed by atoms with Crippen LogP contribution in [0.4, 0.5) is 4.39 Å². The molecule has 0 saturated carbocycles. The van der Waals surface area contributed by atoms with E-state index >= 15 is 0 Å². The van der Waals surface area contributed by atoms with Crippen molar-refractivity contribution < 1.29 is 9.18 Å². The van der Waals surface area contributed by atoms with Crippen molar-refractivity contribution in [3.05, 3.63) is 59.7 Å². The summed E-state index contributed by atoms with van der Waals surface area (Å²) in [5.74, 6) is -0.261. The van der Waals surface area contributed by atoms with Gasteiger partial charge in [-0.1, -0.05) is 18.2 Å². The molecule has 0 aliphatic carbocycles. The molecular formula is C18H22FN3O. The fourth-order valence-electron chi connectivity index (χ4n) is 3.21. The van der Waals surface area contributed by atoms with Gasteiger partial charge < -0.3 is 9.88 Å². The van der Waals surface area contributed by atoms with Crippen LogP contribution in [0.25, 0.3) is 0 Å². The quantitative estimate of drug-likeness (QED) is 0.941. The molecule has 0 bridgehead atoms. The first-order chi connectivity index (χ1) is 11.1. The number of hydrogen-bond acceptors (Lipinski definition) is 2. The zero-order chi connectivity index (χ0) is 16.4. The molecule has 1 N–H and O–H groups in total. The third-order valence-electron chi connectivity index (χ3n) is 4.13. The maximum absolute atomic E-state index is 14.4. The zero-order valence-corrected chi connectivity index (χ0v) is 13.5. The summed E-state index contributed by atoms with van der Waals surface area (Å²) in [4.78, 5) is 14.2. The van der Waals surface area contributed by atoms with Crippen LogP contribution in [0.3, 0.4) is 0 Å². The Balaban J connectivity index is 1.93. The molecule has 0 spiro atoms. The number of carbonyl (C=O) groups is 1. The van der Waals surface area contributed by atoms with E-state index in [-0.39, 0.29) is 30.4 Å². The summed E-state index contributed by atoms with van der Waals surface area (Å²) in [6, 6.07) is 10.6. The minimum Gasteiger partial charge on any atom is -0.353 e. The fraction of sp³-hybridized carbons (Fsp3) is 0.389. The van der Waals surface area contributed by atoms with E-state index in [4.69, 9.17) is 0 Å². The van der Waals surface area contributed by atoms with E-state index in [0.717, 1.165) is 12.2 Å².